The first-order valence-corrected chi connectivity index (χ1v) is 6.08. The van der Waals surface area contributed by atoms with E-state index in [-0.39, 0.29) is 12.7 Å². The van der Waals surface area contributed by atoms with Gasteiger partial charge in [0.05, 0.1) is 6.10 Å². The molecule has 6 nitrogen and oxygen atoms in total. The Kier molecular flexibility index (Phi) is 5.55. The number of ether oxygens (including phenoxy) is 3. The fraction of sp³-hybridized carbons (Fsp3) is 0.833. The zero-order chi connectivity index (χ0) is 13.7. The molecule has 1 fully saturated rings. The molecule has 1 aliphatic rings. The van der Waals surface area contributed by atoms with Gasteiger partial charge in [-0.05, 0) is 6.42 Å². The Labute approximate surface area is 106 Å². The second-order valence-electron chi connectivity index (χ2n) is 4.38. The third kappa shape index (κ3) is 4.27. The summed E-state index contributed by atoms with van der Waals surface area (Å²) >= 11 is 0. The van der Waals surface area contributed by atoms with Crippen molar-refractivity contribution in [3.8, 4) is 0 Å². The van der Waals surface area contributed by atoms with Crippen molar-refractivity contribution >= 4 is 11.9 Å². The van der Waals surface area contributed by atoms with Gasteiger partial charge in [-0.25, -0.2) is 0 Å². The van der Waals surface area contributed by atoms with E-state index in [0.29, 0.717) is 6.42 Å². The van der Waals surface area contributed by atoms with Crippen LogP contribution in [0, 0.1) is 0 Å². The van der Waals surface area contributed by atoms with Crippen LogP contribution in [-0.2, 0) is 23.8 Å². The predicted molar refractivity (Wildman–Crippen MR) is 61.8 cm³/mol. The second kappa shape index (κ2) is 6.70. The highest BCUT2D eigenvalue weighted by Crippen LogP contribution is 2.25. The average molecular weight is 260 g/mol. The molecule has 0 amide bonds. The molecule has 18 heavy (non-hydrogen) atoms. The maximum absolute atomic E-state index is 11.0. The summed E-state index contributed by atoms with van der Waals surface area (Å²) in [4.78, 5) is 21.7. The van der Waals surface area contributed by atoms with E-state index in [0.717, 1.165) is 6.42 Å². The summed E-state index contributed by atoms with van der Waals surface area (Å²) in [5.41, 5.74) is 0. The molecule has 0 aromatic rings. The molecule has 0 radical (unpaired) electrons. The number of hydrogen-bond acceptors (Lipinski definition) is 6. The fourth-order valence-corrected chi connectivity index (χ4v) is 1.95. The van der Waals surface area contributed by atoms with Crippen LogP contribution in [0.3, 0.4) is 0 Å². The number of aliphatic hydroxyl groups is 1. The third-order valence-corrected chi connectivity index (χ3v) is 2.85. The predicted octanol–water partition coefficient (Wildman–Crippen LogP) is 0.410. The van der Waals surface area contributed by atoms with E-state index in [4.69, 9.17) is 14.2 Å². The number of carbonyl (C=O) groups is 2. The molecular formula is C12H20O6. The SMILES string of the molecule is CCC1CC(OC(C)=O)C(O)C(COC(C)=O)O1. The first kappa shape index (κ1) is 14.9. The summed E-state index contributed by atoms with van der Waals surface area (Å²) in [6, 6.07) is 0. The van der Waals surface area contributed by atoms with Crippen molar-refractivity contribution in [1.82, 2.24) is 0 Å². The van der Waals surface area contributed by atoms with Crippen molar-refractivity contribution in [3.05, 3.63) is 0 Å². The number of rotatable bonds is 4. The summed E-state index contributed by atoms with van der Waals surface area (Å²) in [7, 11) is 0. The van der Waals surface area contributed by atoms with Gasteiger partial charge in [0.25, 0.3) is 0 Å². The van der Waals surface area contributed by atoms with Crippen molar-refractivity contribution in [3.63, 3.8) is 0 Å². The molecule has 1 aliphatic heterocycles. The maximum Gasteiger partial charge on any atom is 0.302 e. The van der Waals surface area contributed by atoms with Gasteiger partial charge < -0.3 is 19.3 Å². The number of esters is 2. The van der Waals surface area contributed by atoms with Gasteiger partial charge in [-0.2, -0.15) is 0 Å². The van der Waals surface area contributed by atoms with Crippen molar-refractivity contribution in [2.75, 3.05) is 6.61 Å². The summed E-state index contributed by atoms with van der Waals surface area (Å²) in [5, 5.41) is 10.0. The van der Waals surface area contributed by atoms with Gasteiger partial charge in [0.2, 0.25) is 0 Å². The van der Waals surface area contributed by atoms with Gasteiger partial charge in [-0.3, -0.25) is 9.59 Å². The van der Waals surface area contributed by atoms with Gasteiger partial charge in [0, 0.05) is 20.3 Å². The van der Waals surface area contributed by atoms with Crippen LogP contribution in [0.5, 0.6) is 0 Å². The van der Waals surface area contributed by atoms with Gasteiger partial charge in [-0.15, -0.1) is 0 Å². The highest BCUT2D eigenvalue weighted by atomic mass is 16.6. The van der Waals surface area contributed by atoms with Gasteiger partial charge in [-0.1, -0.05) is 6.92 Å². The normalized spacial score (nSPS) is 31.8. The lowest BCUT2D eigenvalue weighted by Crippen LogP contribution is -2.51. The molecule has 0 aromatic carbocycles. The lowest BCUT2D eigenvalue weighted by atomic mass is 9.96. The fourth-order valence-electron chi connectivity index (χ4n) is 1.95. The molecule has 6 heteroatoms. The summed E-state index contributed by atoms with van der Waals surface area (Å²) in [6.45, 7) is 4.49. The van der Waals surface area contributed by atoms with Gasteiger partial charge >= 0.3 is 11.9 Å². The minimum atomic E-state index is -0.976. The highest BCUT2D eigenvalue weighted by Gasteiger charge is 2.39. The van der Waals surface area contributed by atoms with Crippen LogP contribution in [0.2, 0.25) is 0 Å². The summed E-state index contributed by atoms with van der Waals surface area (Å²) < 4.78 is 15.5. The molecule has 1 heterocycles. The lowest BCUT2D eigenvalue weighted by Gasteiger charge is -2.38. The molecule has 1 N–H and O–H groups in total. The molecule has 0 aromatic heterocycles. The number of aliphatic hydroxyl groups excluding tert-OH is 1. The van der Waals surface area contributed by atoms with Crippen LogP contribution >= 0.6 is 0 Å². The zero-order valence-electron chi connectivity index (χ0n) is 10.9. The Morgan fingerprint density at radius 2 is 2.00 bits per heavy atom. The summed E-state index contributed by atoms with van der Waals surface area (Å²) in [5.74, 6) is -0.879. The van der Waals surface area contributed by atoms with E-state index >= 15 is 0 Å². The Morgan fingerprint density at radius 1 is 1.33 bits per heavy atom. The van der Waals surface area contributed by atoms with E-state index in [1.807, 2.05) is 6.92 Å². The monoisotopic (exact) mass is 260 g/mol. The highest BCUT2D eigenvalue weighted by molar-refractivity contribution is 5.66. The molecule has 104 valence electrons. The number of carbonyl (C=O) groups excluding carboxylic acids is 2. The molecule has 0 saturated carbocycles. The van der Waals surface area contributed by atoms with Crippen molar-refractivity contribution in [2.24, 2.45) is 0 Å². The van der Waals surface area contributed by atoms with E-state index in [9.17, 15) is 14.7 Å². The molecule has 4 unspecified atom stereocenters. The van der Waals surface area contributed by atoms with E-state index < -0.39 is 30.3 Å². The topological polar surface area (TPSA) is 82.1 Å². The van der Waals surface area contributed by atoms with Crippen LogP contribution < -0.4 is 0 Å². The molecule has 0 bridgehead atoms. The smallest absolute Gasteiger partial charge is 0.302 e. The molecule has 1 saturated heterocycles. The maximum atomic E-state index is 11.0. The summed E-state index contributed by atoms with van der Waals surface area (Å²) in [6.07, 6.45) is -1.16. The first-order valence-electron chi connectivity index (χ1n) is 6.08. The minimum absolute atomic E-state index is 0.0369. The van der Waals surface area contributed by atoms with E-state index in [2.05, 4.69) is 0 Å². The van der Waals surface area contributed by atoms with Crippen molar-refractivity contribution in [2.45, 2.75) is 58.0 Å². The van der Waals surface area contributed by atoms with E-state index in [1.165, 1.54) is 13.8 Å². The van der Waals surface area contributed by atoms with Crippen LogP contribution in [0.1, 0.15) is 33.6 Å². The quantitative estimate of drug-likeness (QED) is 0.737. The van der Waals surface area contributed by atoms with Crippen molar-refractivity contribution in [1.29, 1.82) is 0 Å². The van der Waals surface area contributed by atoms with Crippen LogP contribution in [0.25, 0.3) is 0 Å². The zero-order valence-corrected chi connectivity index (χ0v) is 10.9. The minimum Gasteiger partial charge on any atom is -0.463 e. The molecule has 0 spiro atoms. The third-order valence-electron chi connectivity index (χ3n) is 2.85. The Bertz CT molecular complexity index is 303. The van der Waals surface area contributed by atoms with Crippen LogP contribution in [-0.4, -0.2) is 48.1 Å². The Hall–Kier alpha value is -1.14. The Balaban J connectivity index is 2.63. The van der Waals surface area contributed by atoms with Crippen molar-refractivity contribution < 1.29 is 28.9 Å². The Morgan fingerprint density at radius 3 is 2.50 bits per heavy atom. The standard InChI is InChI=1S/C12H20O6/c1-4-9-5-10(17-8(3)14)12(15)11(18-9)6-16-7(2)13/h9-12,15H,4-6H2,1-3H3. The molecule has 1 rings (SSSR count). The van der Waals surface area contributed by atoms with Crippen LogP contribution in [0.15, 0.2) is 0 Å². The van der Waals surface area contributed by atoms with E-state index in [1.54, 1.807) is 0 Å². The molecule has 0 aliphatic carbocycles. The lowest BCUT2D eigenvalue weighted by molar-refractivity contribution is -0.202. The molecular weight excluding hydrogens is 240 g/mol. The number of hydrogen-bond donors (Lipinski definition) is 1. The first-order chi connectivity index (χ1) is 8.43. The van der Waals surface area contributed by atoms with Gasteiger partial charge in [0.1, 0.15) is 24.9 Å². The average Bonchev–Trinajstić information content (AvgIpc) is 2.29. The van der Waals surface area contributed by atoms with Gasteiger partial charge in [0.15, 0.2) is 0 Å². The largest absolute Gasteiger partial charge is 0.463 e. The van der Waals surface area contributed by atoms with Crippen LogP contribution in [0.4, 0.5) is 0 Å². The second-order valence-corrected chi connectivity index (χ2v) is 4.38. The molecule has 4 atom stereocenters.